The molecule has 2 fully saturated rings. The maximum Gasteiger partial charge on any atom is 0.253 e. The second kappa shape index (κ2) is 8.54. The van der Waals surface area contributed by atoms with Crippen LogP contribution in [0.15, 0.2) is 36.4 Å². The Labute approximate surface area is 164 Å². The normalized spacial score (nSPS) is 18.2. The quantitative estimate of drug-likeness (QED) is 0.810. The van der Waals surface area contributed by atoms with E-state index in [4.69, 9.17) is 4.74 Å². The molecule has 1 saturated carbocycles. The van der Waals surface area contributed by atoms with Crippen molar-refractivity contribution in [2.45, 2.75) is 38.2 Å². The van der Waals surface area contributed by atoms with Gasteiger partial charge in [-0.2, -0.15) is 0 Å². The highest BCUT2D eigenvalue weighted by molar-refractivity contribution is 5.94. The molecule has 7 heteroatoms. The van der Waals surface area contributed by atoms with Gasteiger partial charge < -0.3 is 14.5 Å². The average molecular weight is 384 g/mol. The second-order valence-corrected chi connectivity index (χ2v) is 7.39. The SMILES string of the molecule is O=C(c1ccc(F)cc1)N1CCN(c2ccc(OC3CCCCC3)nn2)CC1. The molecule has 0 spiro atoms. The number of anilines is 1. The molecular formula is C21H25FN4O2. The van der Waals surface area contributed by atoms with Crippen LogP contribution in [0, 0.1) is 5.82 Å². The van der Waals surface area contributed by atoms with Crippen LogP contribution in [-0.4, -0.2) is 53.3 Å². The monoisotopic (exact) mass is 384 g/mol. The highest BCUT2D eigenvalue weighted by Gasteiger charge is 2.23. The van der Waals surface area contributed by atoms with E-state index in [1.165, 1.54) is 43.5 Å². The molecule has 1 amide bonds. The topological polar surface area (TPSA) is 58.6 Å². The highest BCUT2D eigenvalue weighted by atomic mass is 19.1. The third-order valence-electron chi connectivity index (χ3n) is 5.45. The van der Waals surface area contributed by atoms with E-state index in [1.807, 2.05) is 12.1 Å². The minimum atomic E-state index is -0.337. The summed E-state index contributed by atoms with van der Waals surface area (Å²) in [4.78, 5) is 16.4. The lowest BCUT2D eigenvalue weighted by atomic mass is 9.98. The molecule has 0 radical (unpaired) electrons. The summed E-state index contributed by atoms with van der Waals surface area (Å²) >= 11 is 0. The molecule has 1 aromatic carbocycles. The van der Waals surface area contributed by atoms with E-state index < -0.39 is 0 Å². The van der Waals surface area contributed by atoms with Crippen LogP contribution in [-0.2, 0) is 0 Å². The van der Waals surface area contributed by atoms with Crippen molar-refractivity contribution in [2.75, 3.05) is 31.1 Å². The van der Waals surface area contributed by atoms with E-state index in [1.54, 1.807) is 4.90 Å². The Morgan fingerprint density at radius 1 is 0.929 bits per heavy atom. The van der Waals surface area contributed by atoms with Crippen molar-refractivity contribution in [2.24, 2.45) is 0 Å². The number of nitrogens with zero attached hydrogens (tertiary/aromatic N) is 4. The molecule has 2 aliphatic rings. The maximum absolute atomic E-state index is 13.0. The summed E-state index contributed by atoms with van der Waals surface area (Å²) in [7, 11) is 0. The number of amides is 1. The summed E-state index contributed by atoms with van der Waals surface area (Å²) in [6, 6.07) is 9.50. The molecule has 6 nitrogen and oxygen atoms in total. The van der Waals surface area contributed by atoms with Gasteiger partial charge in [0.25, 0.3) is 5.91 Å². The van der Waals surface area contributed by atoms with Crippen molar-refractivity contribution in [1.82, 2.24) is 15.1 Å². The largest absolute Gasteiger partial charge is 0.473 e. The third-order valence-corrected chi connectivity index (χ3v) is 5.45. The summed E-state index contributed by atoms with van der Waals surface area (Å²) in [5.74, 6) is 0.975. The molecule has 148 valence electrons. The van der Waals surface area contributed by atoms with Crippen LogP contribution in [0.3, 0.4) is 0 Å². The molecule has 28 heavy (non-hydrogen) atoms. The smallest absolute Gasteiger partial charge is 0.253 e. The van der Waals surface area contributed by atoms with Gasteiger partial charge in [0.15, 0.2) is 5.82 Å². The van der Waals surface area contributed by atoms with Crippen molar-refractivity contribution in [3.8, 4) is 5.88 Å². The fourth-order valence-corrected chi connectivity index (χ4v) is 3.81. The molecule has 1 saturated heterocycles. The lowest BCUT2D eigenvalue weighted by Gasteiger charge is -2.35. The number of aromatic nitrogens is 2. The molecule has 2 aromatic rings. The van der Waals surface area contributed by atoms with Crippen molar-refractivity contribution >= 4 is 11.7 Å². The third kappa shape index (κ3) is 4.40. The van der Waals surface area contributed by atoms with Gasteiger partial charge in [-0.15, -0.1) is 10.2 Å². The van der Waals surface area contributed by atoms with Crippen LogP contribution in [0.2, 0.25) is 0 Å². The van der Waals surface area contributed by atoms with Gasteiger partial charge >= 0.3 is 0 Å². The Balaban J connectivity index is 1.30. The average Bonchev–Trinajstić information content (AvgIpc) is 2.75. The fourth-order valence-electron chi connectivity index (χ4n) is 3.81. The Kier molecular flexibility index (Phi) is 5.69. The molecule has 2 heterocycles. The van der Waals surface area contributed by atoms with Gasteiger partial charge in [-0.1, -0.05) is 6.42 Å². The van der Waals surface area contributed by atoms with Gasteiger partial charge in [0.1, 0.15) is 11.9 Å². The van der Waals surface area contributed by atoms with Crippen LogP contribution < -0.4 is 9.64 Å². The Bertz CT molecular complexity index is 783. The summed E-state index contributed by atoms with van der Waals surface area (Å²) in [5.41, 5.74) is 0.513. The van der Waals surface area contributed by atoms with Gasteiger partial charge in [0, 0.05) is 37.8 Å². The minimum Gasteiger partial charge on any atom is -0.473 e. The van der Waals surface area contributed by atoms with Crippen LogP contribution in [0.5, 0.6) is 5.88 Å². The summed E-state index contributed by atoms with van der Waals surface area (Å²) in [6.45, 7) is 2.56. The number of ether oxygens (including phenoxy) is 1. The van der Waals surface area contributed by atoms with Gasteiger partial charge in [-0.25, -0.2) is 4.39 Å². The molecule has 1 aromatic heterocycles. The predicted molar refractivity (Wildman–Crippen MR) is 104 cm³/mol. The van der Waals surface area contributed by atoms with E-state index in [2.05, 4.69) is 15.1 Å². The summed E-state index contributed by atoms with van der Waals surface area (Å²) in [6.07, 6.45) is 6.17. The van der Waals surface area contributed by atoms with E-state index in [0.29, 0.717) is 37.6 Å². The predicted octanol–water partition coefficient (Wildman–Crippen LogP) is 3.29. The molecular weight excluding hydrogens is 359 g/mol. The molecule has 4 rings (SSSR count). The molecule has 0 unspecified atom stereocenters. The Morgan fingerprint density at radius 3 is 2.29 bits per heavy atom. The van der Waals surface area contributed by atoms with Gasteiger partial charge in [-0.3, -0.25) is 4.79 Å². The zero-order valence-electron chi connectivity index (χ0n) is 15.9. The van der Waals surface area contributed by atoms with Crippen molar-refractivity contribution < 1.29 is 13.9 Å². The molecule has 0 N–H and O–H groups in total. The maximum atomic E-state index is 13.0. The van der Waals surface area contributed by atoms with Gasteiger partial charge in [0.2, 0.25) is 5.88 Å². The second-order valence-electron chi connectivity index (χ2n) is 7.39. The first-order valence-electron chi connectivity index (χ1n) is 9.99. The number of halogens is 1. The number of piperazine rings is 1. The lowest BCUT2D eigenvalue weighted by molar-refractivity contribution is 0.0746. The van der Waals surface area contributed by atoms with Crippen LogP contribution >= 0.6 is 0 Å². The first kappa shape index (κ1) is 18.7. The highest BCUT2D eigenvalue weighted by Crippen LogP contribution is 2.23. The number of carbonyl (C=O) groups excluding carboxylic acids is 1. The molecule has 1 aliphatic heterocycles. The molecule has 1 aliphatic carbocycles. The Morgan fingerprint density at radius 2 is 1.64 bits per heavy atom. The standard InChI is InChI=1S/C21H25FN4O2/c22-17-8-6-16(7-9-17)21(27)26-14-12-25(13-15-26)19-10-11-20(24-23-19)28-18-4-2-1-3-5-18/h6-11,18H,1-5,12-15H2. The van der Waals surface area contributed by atoms with Crippen LogP contribution in [0.4, 0.5) is 10.2 Å². The Hall–Kier alpha value is -2.70. The summed E-state index contributed by atoms with van der Waals surface area (Å²) in [5, 5.41) is 8.54. The van der Waals surface area contributed by atoms with E-state index in [-0.39, 0.29) is 17.8 Å². The van der Waals surface area contributed by atoms with Crippen molar-refractivity contribution in [1.29, 1.82) is 0 Å². The molecule has 0 atom stereocenters. The number of hydrogen-bond donors (Lipinski definition) is 0. The van der Waals surface area contributed by atoms with Crippen molar-refractivity contribution in [3.63, 3.8) is 0 Å². The zero-order valence-corrected chi connectivity index (χ0v) is 15.9. The van der Waals surface area contributed by atoms with Gasteiger partial charge in [0.05, 0.1) is 0 Å². The van der Waals surface area contributed by atoms with E-state index >= 15 is 0 Å². The number of hydrogen-bond acceptors (Lipinski definition) is 5. The summed E-state index contributed by atoms with van der Waals surface area (Å²) < 4.78 is 19.0. The van der Waals surface area contributed by atoms with E-state index in [9.17, 15) is 9.18 Å². The van der Waals surface area contributed by atoms with Crippen LogP contribution in [0.25, 0.3) is 0 Å². The van der Waals surface area contributed by atoms with E-state index in [0.717, 1.165) is 18.7 Å². The number of carbonyl (C=O) groups is 1. The number of rotatable bonds is 4. The first-order valence-corrected chi connectivity index (χ1v) is 9.99. The molecule has 0 bridgehead atoms. The zero-order chi connectivity index (χ0) is 19.3. The van der Waals surface area contributed by atoms with Crippen molar-refractivity contribution in [3.05, 3.63) is 47.8 Å². The first-order chi connectivity index (χ1) is 13.7. The number of benzene rings is 1. The van der Waals surface area contributed by atoms with Crippen LogP contribution in [0.1, 0.15) is 42.5 Å². The lowest BCUT2D eigenvalue weighted by Crippen LogP contribution is -2.49. The van der Waals surface area contributed by atoms with Gasteiger partial charge in [-0.05, 0) is 56.0 Å². The minimum absolute atomic E-state index is 0.0676. The fraction of sp³-hybridized carbons (Fsp3) is 0.476.